The van der Waals surface area contributed by atoms with E-state index >= 15 is 0 Å². The molecule has 0 radical (unpaired) electrons. The van der Waals surface area contributed by atoms with Gasteiger partial charge in [0.1, 0.15) is 0 Å². The molecular formula is C23H24N4O6S. The molecule has 0 saturated heterocycles. The molecule has 10 nitrogen and oxygen atoms in total. The average molecular weight is 485 g/mol. The van der Waals surface area contributed by atoms with Crippen LogP contribution in [0.25, 0.3) is 0 Å². The van der Waals surface area contributed by atoms with Crippen molar-refractivity contribution in [2.24, 2.45) is 0 Å². The predicted molar refractivity (Wildman–Crippen MR) is 125 cm³/mol. The Bertz CT molecular complexity index is 1150. The number of nitro groups is 1. The van der Waals surface area contributed by atoms with Crippen LogP contribution in [0.2, 0.25) is 0 Å². The molecule has 0 amide bonds. The van der Waals surface area contributed by atoms with Crippen LogP contribution in [0.5, 0.6) is 0 Å². The Hall–Kier alpha value is -3.73. The number of nitro benzene ring substituents is 1. The van der Waals surface area contributed by atoms with E-state index in [0.717, 1.165) is 0 Å². The summed E-state index contributed by atoms with van der Waals surface area (Å²) >= 11 is 1.30. The molecular weight excluding hydrogens is 460 g/mol. The minimum atomic E-state index is -0.924. The van der Waals surface area contributed by atoms with Crippen molar-refractivity contribution in [2.75, 3.05) is 19.0 Å². The summed E-state index contributed by atoms with van der Waals surface area (Å²) in [5.41, 5.74) is 1.59. The van der Waals surface area contributed by atoms with E-state index in [9.17, 15) is 19.7 Å². The van der Waals surface area contributed by atoms with E-state index in [1.807, 2.05) is 0 Å². The number of thioether (sulfide) groups is 1. The SMILES string of the molecule is CCOC(=O)C1=C(C)NC(CSc2ncccn2)=C(C(=O)OCC)C1c1cccc([N+](=O)[O-])c1. The molecule has 2 heterocycles. The first-order valence-electron chi connectivity index (χ1n) is 10.6. The van der Waals surface area contributed by atoms with Crippen molar-refractivity contribution in [3.05, 3.63) is 80.9 Å². The molecule has 0 aliphatic carbocycles. The summed E-state index contributed by atoms with van der Waals surface area (Å²) in [6.07, 6.45) is 3.22. The normalized spacial score (nSPS) is 15.6. The molecule has 2 aromatic rings. The van der Waals surface area contributed by atoms with Crippen molar-refractivity contribution >= 4 is 29.4 Å². The third-order valence-corrected chi connectivity index (χ3v) is 5.84. The van der Waals surface area contributed by atoms with Gasteiger partial charge in [0.05, 0.1) is 35.2 Å². The number of allylic oxidation sites excluding steroid dienone is 1. The van der Waals surface area contributed by atoms with Crippen LogP contribution in [-0.4, -0.2) is 45.8 Å². The number of hydrogen-bond donors (Lipinski definition) is 1. The van der Waals surface area contributed by atoms with E-state index in [0.29, 0.717) is 22.1 Å². The maximum Gasteiger partial charge on any atom is 0.336 e. The summed E-state index contributed by atoms with van der Waals surface area (Å²) in [4.78, 5) is 45.4. The minimum absolute atomic E-state index is 0.115. The Morgan fingerprint density at radius 1 is 1.09 bits per heavy atom. The van der Waals surface area contributed by atoms with E-state index in [-0.39, 0.29) is 35.8 Å². The molecule has 1 aliphatic rings. The van der Waals surface area contributed by atoms with Crippen molar-refractivity contribution in [3.8, 4) is 0 Å². The van der Waals surface area contributed by atoms with Gasteiger partial charge in [-0.05, 0) is 32.4 Å². The topological polar surface area (TPSA) is 134 Å². The van der Waals surface area contributed by atoms with Crippen LogP contribution in [-0.2, 0) is 19.1 Å². The summed E-state index contributed by atoms with van der Waals surface area (Å²) in [5, 5.41) is 15.1. The average Bonchev–Trinajstić information content (AvgIpc) is 2.83. The molecule has 1 aliphatic heterocycles. The number of esters is 2. The van der Waals surface area contributed by atoms with Crippen LogP contribution in [0.1, 0.15) is 32.3 Å². The molecule has 178 valence electrons. The predicted octanol–water partition coefficient (Wildman–Crippen LogP) is 3.52. The Kier molecular flexibility index (Phi) is 8.36. The number of hydrogen-bond acceptors (Lipinski definition) is 10. The van der Waals surface area contributed by atoms with Crippen LogP contribution in [0, 0.1) is 10.1 Å². The first-order chi connectivity index (χ1) is 16.4. The van der Waals surface area contributed by atoms with Crippen LogP contribution in [0.15, 0.2) is 70.4 Å². The molecule has 0 fully saturated rings. The lowest BCUT2D eigenvalue weighted by atomic mass is 9.80. The summed E-state index contributed by atoms with van der Waals surface area (Å²) in [7, 11) is 0. The van der Waals surface area contributed by atoms with Gasteiger partial charge in [-0.25, -0.2) is 19.6 Å². The number of carbonyl (C=O) groups is 2. The molecule has 11 heteroatoms. The first kappa shape index (κ1) is 24.9. The number of aromatic nitrogens is 2. The van der Waals surface area contributed by atoms with E-state index in [4.69, 9.17) is 9.47 Å². The second kappa shape index (κ2) is 11.4. The molecule has 0 bridgehead atoms. The van der Waals surface area contributed by atoms with E-state index < -0.39 is 22.8 Å². The molecule has 1 atom stereocenters. The van der Waals surface area contributed by atoms with Crippen LogP contribution in [0.4, 0.5) is 5.69 Å². The van der Waals surface area contributed by atoms with Gasteiger partial charge in [-0.2, -0.15) is 0 Å². The maximum atomic E-state index is 13.2. The summed E-state index contributed by atoms with van der Waals surface area (Å²) in [6.45, 7) is 5.29. The van der Waals surface area contributed by atoms with Crippen LogP contribution in [0.3, 0.4) is 0 Å². The summed E-state index contributed by atoms with van der Waals surface area (Å²) < 4.78 is 10.6. The fraction of sp³-hybridized carbons (Fsp3) is 0.304. The molecule has 1 unspecified atom stereocenters. The zero-order valence-electron chi connectivity index (χ0n) is 18.9. The fourth-order valence-corrected chi connectivity index (χ4v) is 4.36. The monoisotopic (exact) mass is 484 g/mol. The quantitative estimate of drug-likeness (QED) is 0.185. The molecule has 3 rings (SSSR count). The van der Waals surface area contributed by atoms with Gasteiger partial charge >= 0.3 is 11.9 Å². The molecule has 1 aromatic heterocycles. The number of rotatable bonds is 9. The Morgan fingerprint density at radius 3 is 2.35 bits per heavy atom. The number of ether oxygens (including phenoxy) is 2. The second-order valence-electron chi connectivity index (χ2n) is 7.10. The smallest absolute Gasteiger partial charge is 0.336 e. The minimum Gasteiger partial charge on any atom is -0.463 e. The van der Waals surface area contributed by atoms with E-state index in [1.54, 1.807) is 45.3 Å². The zero-order valence-corrected chi connectivity index (χ0v) is 19.8. The fourth-order valence-electron chi connectivity index (χ4n) is 3.59. The second-order valence-corrected chi connectivity index (χ2v) is 8.04. The number of benzene rings is 1. The molecule has 1 aromatic carbocycles. The summed E-state index contributed by atoms with van der Waals surface area (Å²) in [5.74, 6) is -1.90. The van der Waals surface area contributed by atoms with Crippen molar-refractivity contribution in [3.63, 3.8) is 0 Å². The Balaban J connectivity index is 2.17. The zero-order chi connectivity index (χ0) is 24.7. The number of nitrogens with one attached hydrogen (secondary N) is 1. The van der Waals surface area contributed by atoms with Crippen molar-refractivity contribution in [1.29, 1.82) is 0 Å². The standard InChI is InChI=1S/C23H24N4O6S/c1-4-32-21(28)18-14(3)26-17(13-34-23-24-10-7-11-25-23)20(22(29)33-5-2)19(18)15-8-6-9-16(12-15)27(30)31/h6-12,19,26H,4-5,13H2,1-3H3. The molecule has 34 heavy (non-hydrogen) atoms. The highest BCUT2D eigenvalue weighted by atomic mass is 32.2. The molecule has 1 N–H and O–H groups in total. The van der Waals surface area contributed by atoms with Crippen molar-refractivity contribution < 1.29 is 24.0 Å². The van der Waals surface area contributed by atoms with E-state index in [1.165, 1.54) is 30.0 Å². The lowest BCUT2D eigenvalue weighted by molar-refractivity contribution is -0.384. The molecule has 0 saturated carbocycles. The van der Waals surface area contributed by atoms with Gasteiger partial charge < -0.3 is 14.8 Å². The van der Waals surface area contributed by atoms with Gasteiger partial charge in [0.2, 0.25) is 0 Å². The van der Waals surface area contributed by atoms with Gasteiger partial charge in [0, 0.05) is 41.7 Å². The Morgan fingerprint density at radius 2 is 1.74 bits per heavy atom. The van der Waals surface area contributed by atoms with Crippen LogP contribution >= 0.6 is 11.8 Å². The third-order valence-electron chi connectivity index (χ3n) is 4.94. The number of dihydropyridines is 1. The van der Waals surface area contributed by atoms with Gasteiger partial charge in [-0.15, -0.1) is 0 Å². The number of carbonyl (C=O) groups excluding carboxylic acids is 2. The lowest BCUT2D eigenvalue weighted by Gasteiger charge is -2.31. The number of nitrogens with zero attached hydrogens (tertiary/aromatic N) is 3. The van der Waals surface area contributed by atoms with Crippen LogP contribution < -0.4 is 5.32 Å². The summed E-state index contributed by atoms with van der Waals surface area (Å²) in [6, 6.07) is 7.56. The van der Waals surface area contributed by atoms with Gasteiger partial charge in [-0.3, -0.25) is 10.1 Å². The van der Waals surface area contributed by atoms with E-state index in [2.05, 4.69) is 15.3 Å². The third kappa shape index (κ3) is 5.60. The largest absolute Gasteiger partial charge is 0.463 e. The first-order valence-corrected chi connectivity index (χ1v) is 11.5. The highest BCUT2D eigenvalue weighted by Gasteiger charge is 2.39. The maximum absolute atomic E-state index is 13.2. The van der Waals surface area contributed by atoms with Crippen molar-refractivity contribution in [1.82, 2.24) is 15.3 Å². The number of non-ortho nitro benzene ring substituents is 1. The molecule has 0 spiro atoms. The Labute approximate surface area is 200 Å². The lowest BCUT2D eigenvalue weighted by Crippen LogP contribution is -2.34. The van der Waals surface area contributed by atoms with Crippen molar-refractivity contribution in [2.45, 2.75) is 31.8 Å². The van der Waals surface area contributed by atoms with Gasteiger partial charge in [0.25, 0.3) is 5.69 Å². The van der Waals surface area contributed by atoms with Gasteiger partial charge in [0.15, 0.2) is 5.16 Å². The van der Waals surface area contributed by atoms with Gasteiger partial charge in [-0.1, -0.05) is 23.9 Å². The highest BCUT2D eigenvalue weighted by Crippen LogP contribution is 2.41. The highest BCUT2D eigenvalue weighted by molar-refractivity contribution is 7.99.